The fourth-order valence-corrected chi connectivity index (χ4v) is 12.4. The number of carbonyl (C=O) groups is 3. The Labute approximate surface area is 445 Å². The zero-order valence-corrected chi connectivity index (χ0v) is 45.5. The number of aliphatic hydroxyl groups excluding tert-OH is 1. The highest BCUT2D eigenvalue weighted by Crippen LogP contribution is 2.41. The minimum Gasteiger partial charge on any atom is -0.490 e. The van der Waals surface area contributed by atoms with Gasteiger partial charge in [0, 0.05) is 77.1 Å². The molecule has 2 fully saturated rings. The van der Waals surface area contributed by atoms with Gasteiger partial charge in [-0.25, -0.2) is 14.4 Å². The summed E-state index contributed by atoms with van der Waals surface area (Å²) >= 11 is 9.58. The summed E-state index contributed by atoms with van der Waals surface area (Å²) in [6.07, 6.45) is 2.52. The highest BCUT2D eigenvalue weighted by atomic mass is 35.5. The lowest BCUT2D eigenvalue weighted by molar-refractivity contribution is -0.140. The molecule has 74 heavy (non-hydrogen) atoms. The molecule has 1 saturated carbocycles. The molecule has 4 N–H and O–H groups in total. The second-order valence-corrected chi connectivity index (χ2v) is 23.5. The summed E-state index contributed by atoms with van der Waals surface area (Å²) in [6, 6.07) is 18.2. The molecule has 0 bridgehead atoms. The number of nitrogens with one attached hydrogen (secondary N) is 3. The number of fused-ring (bicyclic) bond motifs is 3. The van der Waals surface area contributed by atoms with Gasteiger partial charge < -0.3 is 30.7 Å². The van der Waals surface area contributed by atoms with Gasteiger partial charge in [0.1, 0.15) is 40.6 Å². The normalized spacial score (nSPS) is 20.1. The van der Waals surface area contributed by atoms with E-state index in [4.69, 9.17) is 21.3 Å². The van der Waals surface area contributed by atoms with Gasteiger partial charge in [-0.2, -0.15) is 0 Å². The molecule has 2 aliphatic heterocycles. The molecule has 3 amide bonds. The van der Waals surface area contributed by atoms with E-state index in [1.54, 1.807) is 33.6 Å². The maximum Gasteiger partial charge on any atom is 0.246 e. The second kappa shape index (κ2) is 21.6. The third-order valence-corrected chi connectivity index (χ3v) is 16.9. The van der Waals surface area contributed by atoms with Crippen molar-refractivity contribution in [3.63, 3.8) is 0 Å². The SMILES string of the molecule is C=C(N[C@@H](C)c1ccc(-c2scnc2C)cc1)[C@@H]1C[C@@H](O)CN1C(=O)[C@@H](NC(=O)CCc1cc(F)cc(OC2CC(NC(=O)C[C@@H]3N=C(c4ccc(Cl)cc4)c4c(sc(C)c4C)-n4c3cnc4C)C2)c1)C(C)(C)C. The number of aryl methyl sites for hydroxylation is 4. The van der Waals surface area contributed by atoms with Crippen LogP contribution in [-0.4, -0.2) is 84.9 Å². The number of amides is 3. The Morgan fingerprint density at radius 3 is 2.36 bits per heavy atom. The smallest absolute Gasteiger partial charge is 0.246 e. The number of aliphatic imine (C=N–C) groups is 1. The highest BCUT2D eigenvalue weighted by Gasteiger charge is 2.43. The zero-order valence-electron chi connectivity index (χ0n) is 43.1. The predicted octanol–water partition coefficient (Wildman–Crippen LogP) is 10.4. The van der Waals surface area contributed by atoms with Gasteiger partial charge in [-0.05, 0) is 93.0 Å². The van der Waals surface area contributed by atoms with Crippen molar-refractivity contribution in [1.29, 1.82) is 0 Å². The number of hydrogen-bond acceptors (Lipinski definition) is 11. The largest absolute Gasteiger partial charge is 0.490 e. The van der Waals surface area contributed by atoms with Crippen LogP contribution >= 0.6 is 34.3 Å². The number of aliphatic hydroxyl groups is 1. The minimum atomic E-state index is -0.906. The Kier molecular flexibility index (Phi) is 15.3. The van der Waals surface area contributed by atoms with Crippen LogP contribution in [-0.2, 0) is 20.8 Å². The van der Waals surface area contributed by atoms with E-state index in [9.17, 15) is 19.5 Å². The first-order valence-electron chi connectivity index (χ1n) is 25.2. The summed E-state index contributed by atoms with van der Waals surface area (Å²) in [4.78, 5) is 60.0. The first-order valence-corrected chi connectivity index (χ1v) is 27.3. The molecule has 3 aromatic heterocycles. The van der Waals surface area contributed by atoms with Crippen LogP contribution in [0.5, 0.6) is 5.75 Å². The van der Waals surface area contributed by atoms with Crippen LogP contribution < -0.4 is 20.7 Å². The van der Waals surface area contributed by atoms with E-state index < -0.39 is 35.5 Å². The molecule has 17 heteroatoms. The van der Waals surface area contributed by atoms with E-state index in [0.29, 0.717) is 41.3 Å². The fourth-order valence-electron chi connectivity index (χ4n) is 10.2. The molecule has 0 unspecified atom stereocenters. The van der Waals surface area contributed by atoms with Crippen molar-refractivity contribution in [2.75, 3.05) is 6.54 Å². The van der Waals surface area contributed by atoms with Gasteiger partial charge in [0.05, 0.1) is 52.3 Å². The molecule has 1 saturated heterocycles. The first-order chi connectivity index (χ1) is 35.2. The number of β-amino-alcohol motifs (C(OH)–C–C–N with tert-alkyl or cyclic N) is 1. The average Bonchev–Trinajstić information content (AvgIpc) is 4.11. The molecule has 388 valence electrons. The van der Waals surface area contributed by atoms with Crippen molar-refractivity contribution in [1.82, 2.24) is 35.4 Å². The molecule has 5 heterocycles. The Bertz CT molecular complexity index is 3120. The molecule has 9 rings (SSSR count). The van der Waals surface area contributed by atoms with Crippen molar-refractivity contribution in [3.05, 3.63) is 151 Å². The molecule has 0 radical (unpaired) electrons. The first kappa shape index (κ1) is 52.7. The summed E-state index contributed by atoms with van der Waals surface area (Å²) in [5.74, 6) is -0.152. The Morgan fingerprint density at radius 1 is 0.959 bits per heavy atom. The number of ether oxygens (including phenoxy) is 1. The summed E-state index contributed by atoms with van der Waals surface area (Å²) < 4.78 is 23.4. The lowest BCUT2D eigenvalue weighted by atomic mass is 9.85. The summed E-state index contributed by atoms with van der Waals surface area (Å²) in [5, 5.41) is 22.1. The fraction of sp³-hybridized carbons (Fsp3) is 0.404. The number of imidazole rings is 1. The van der Waals surface area contributed by atoms with Gasteiger partial charge in [-0.1, -0.05) is 75.3 Å². The Balaban J connectivity index is 0.779. The number of aromatic nitrogens is 3. The Morgan fingerprint density at radius 2 is 1.68 bits per heavy atom. The number of hydrogen-bond donors (Lipinski definition) is 4. The van der Waals surface area contributed by atoms with E-state index in [1.165, 1.54) is 17.0 Å². The van der Waals surface area contributed by atoms with Crippen molar-refractivity contribution >= 4 is 57.7 Å². The van der Waals surface area contributed by atoms with Gasteiger partial charge in [0.15, 0.2) is 0 Å². The highest BCUT2D eigenvalue weighted by molar-refractivity contribution is 7.15. The van der Waals surface area contributed by atoms with Gasteiger partial charge in [-0.3, -0.25) is 23.9 Å². The number of halogens is 2. The number of benzene rings is 3. The van der Waals surface area contributed by atoms with Gasteiger partial charge in [-0.15, -0.1) is 22.7 Å². The van der Waals surface area contributed by atoms with E-state index >= 15 is 4.39 Å². The zero-order chi connectivity index (χ0) is 52.7. The number of thiophene rings is 1. The van der Waals surface area contributed by atoms with E-state index in [0.717, 1.165) is 60.6 Å². The second-order valence-electron chi connectivity index (χ2n) is 21.0. The molecular weight excluding hydrogens is 995 g/mol. The van der Waals surface area contributed by atoms with Crippen LogP contribution in [0.2, 0.25) is 5.02 Å². The molecular formula is C57H64ClFN8O5S2. The van der Waals surface area contributed by atoms with Gasteiger partial charge in [0.2, 0.25) is 17.7 Å². The van der Waals surface area contributed by atoms with Gasteiger partial charge >= 0.3 is 0 Å². The van der Waals surface area contributed by atoms with Crippen LogP contribution in [0, 0.1) is 38.9 Å². The summed E-state index contributed by atoms with van der Waals surface area (Å²) in [7, 11) is 0. The monoisotopic (exact) mass is 1060 g/mol. The Hall–Kier alpha value is -6.20. The number of carbonyl (C=O) groups excluding carboxylic acids is 3. The topological polar surface area (TPSA) is 163 Å². The van der Waals surface area contributed by atoms with Crippen LogP contribution in [0.3, 0.4) is 0 Å². The molecule has 6 aromatic rings. The van der Waals surface area contributed by atoms with Crippen molar-refractivity contribution in [3.8, 4) is 21.2 Å². The third-order valence-electron chi connectivity index (χ3n) is 14.4. The average molecular weight is 1060 g/mol. The summed E-state index contributed by atoms with van der Waals surface area (Å²) in [6.45, 7) is 20.3. The maximum atomic E-state index is 15.1. The molecule has 5 atom stereocenters. The molecule has 0 spiro atoms. The number of thiazole rings is 1. The molecule has 1 aliphatic carbocycles. The lowest BCUT2D eigenvalue weighted by Crippen LogP contribution is -2.56. The quantitative estimate of drug-likeness (QED) is 0.0745. The van der Waals surface area contributed by atoms with E-state index in [1.807, 2.05) is 77.5 Å². The van der Waals surface area contributed by atoms with Crippen molar-refractivity contribution < 1.29 is 28.6 Å². The number of nitrogens with zero attached hydrogens (tertiary/aromatic N) is 5. The van der Waals surface area contributed by atoms with E-state index in [2.05, 4.69) is 75.2 Å². The van der Waals surface area contributed by atoms with Crippen LogP contribution in [0.25, 0.3) is 15.4 Å². The third kappa shape index (κ3) is 11.4. The van der Waals surface area contributed by atoms with Crippen molar-refractivity contribution in [2.45, 2.75) is 136 Å². The molecule has 13 nitrogen and oxygen atoms in total. The molecule has 3 aliphatic rings. The number of likely N-dealkylation sites (tertiary alicyclic amines) is 1. The van der Waals surface area contributed by atoms with Gasteiger partial charge in [0.25, 0.3) is 0 Å². The maximum absolute atomic E-state index is 15.1. The van der Waals surface area contributed by atoms with Crippen LogP contribution in [0.15, 0.2) is 95.7 Å². The van der Waals surface area contributed by atoms with E-state index in [-0.39, 0.29) is 61.7 Å². The summed E-state index contributed by atoms with van der Waals surface area (Å²) in [5.41, 5.74) is 10.2. The minimum absolute atomic E-state index is 0.000460. The molecule has 3 aromatic carbocycles. The standard InChI is InChI=1S/C57H64ClFN8O5S2/c1-30-34(5)74-56-51(30)52(38-15-17-40(58)18-16-38)64-46(48-27-60-35(6)67(48)56)26-50(70)63-42-23-45(24-42)72-44-21-36(20-41(59)22-44)10-19-49(69)65-54(57(7,8)9)55(71)66-28-43(68)25-47(66)32(3)62-31(2)37-11-13-39(14-12-37)53-33(4)61-29-73-53/h11-18,20-22,27,29,31,42-43,45-47,54,62,68H,3,10,19,23-26,28H2,1-2,4-9H3,(H,63,70)(H,65,69)/t31-,42?,43+,45?,46-,47-,54+/m0/s1. The number of rotatable bonds is 16. The van der Waals surface area contributed by atoms with Crippen LogP contribution in [0.4, 0.5) is 4.39 Å². The van der Waals surface area contributed by atoms with Crippen molar-refractivity contribution in [2.24, 2.45) is 10.4 Å². The van der Waals surface area contributed by atoms with Crippen LogP contribution in [0.1, 0.15) is 122 Å². The lowest BCUT2D eigenvalue weighted by Gasteiger charge is -2.36. The predicted molar refractivity (Wildman–Crippen MR) is 291 cm³/mol.